The third kappa shape index (κ3) is 4.67. The summed E-state index contributed by atoms with van der Waals surface area (Å²) >= 11 is 0.0776. The lowest BCUT2D eigenvalue weighted by molar-refractivity contribution is -0.0331. The Morgan fingerprint density at radius 3 is 2.65 bits per heavy atom. The van der Waals surface area contributed by atoms with Crippen LogP contribution in [0, 0.1) is 0 Å². The van der Waals surface area contributed by atoms with E-state index in [0.29, 0.717) is 12.6 Å². The van der Waals surface area contributed by atoms with Crippen molar-refractivity contribution < 1.29 is 13.2 Å². The fourth-order valence-electron chi connectivity index (χ4n) is 2.10. The van der Waals surface area contributed by atoms with Crippen molar-refractivity contribution in [2.24, 2.45) is 0 Å². The molecule has 17 heavy (non-hydrogen) atoms. The lowest BCUT2D eigenvalue weighted by atomic mass is 9.92. The molecular formula is C11H21F3N2S. The summed E-state index contributed by atoms with van der Waals surface area (Å²) in [6, 6.07) is 0.352. The second-order valence-electron chi connectivity index (χ2n) is 4.87. The molecule has 0 bridgehead atoms. The average Bonchev–Trinajstić information content (AvgIpc) is 2.22. The molecule has 1 heterocycles. The molecule has 0 spiro atoms. The molecule has 0 saturated carbocycles. The second-order valence-corrected chi connectivity index (χ2v) is 6.03. The molecule has 1 saturated heterocycles. The van der Waals surface area contributed by atoms with Gasteiger partial charge in [-0.3, -0.25) is 4.90 Å². The molecule has 1 fully saturated rings. The lowest BCUT2D eigenvalue weighted by Crippen LogP contribution is -2.62. The van der Waals surface area contributed by atoms with Crippen molar-refractivity contribution >= 4 is 11.8 Å². The molecule has 102 valence electrons. The van der Waals surface area contributed by atoms with E-state index >= 15 is 0 Å². The monoisotopic (exact) mass is 270 g/mol. The maximum absolute atomic E-state index is 12.1. The van der Waals surface area contributed by atoms with Crippen LogP contribution in [0.4, 0.5) is 13.2 Å². The Morgan fingerprint density at radius 1 is 1.47 bits per heavy atom. The average molecular weight is 270 g/mol. The zero-order valence-corrected chi connectivity index (χ0v) is 11.4. The number of hydrogen-bond donors (Lipinski definition) is 1. The summed E-state index contributed by atoms with van der Waals surface area (Å²) < 4.78 is 36.3. The summed E-state index contributed by atoms with van der Waals surface area (Å²) in [6.45, 7) is 8.44. The third-order valence-electron chi connectivity index (χ3n) is 3.48. The Kier molecular flexibility index (Phi) is 5.16. The van der Waals surface area contributed by atoms with Gasteiger partial charge in [-0.05, 0) is 32.0 Å². The van der Waals surface area contributed by atoms with E-state index in [4.69, 9.17) is 0 Å². The minimum absolute atomic E-state index is 0.0152. The standard InChI is InChI=1S/C11H21F3N2S/c1-4-10(3)8-15-9(2)7-16(10)5-6-17-11(12,13)14/h9,15H,4-8H2,1-3H3. The predicted octanol–water partition coefficient (Wildman–Crippen LogP) is 2.70. The largest absolute Gasteiger partial charge is 0.441 e. The van der Waals surface area contributed by atoms with Crippen molar-refractivity contribution in [3.05, 3.63) is 0 Å². The second kappa shape index (κ2) is 5.80. The van der Waals surface area contributed by atoms with Crippen LogP contribution in [-0.2, 0) is 0 Å². The van der Waals surface area contributed by atoms with Crippen molar-refractivity contribution in [1.82, 2.24) is 10.2 Å². The predicted molar refractivity (Wildman–Crippen MR) is 66.2 cm³/mol. The van der Waals surface area contributed by atoms with Crippen molar-refractivity contribution in [3.8, 4) is 0 Å². The van der Waals surface area contributed by atoms with Gasteiger partial charge in [0.15, 0.2) is 0 Å². The number of piperazine rings is 1. The Balaban J connectivity index is 2.47. The lowest BCUT2D eigenvalue weighted by Gasteiger charge is -2.47. The Morgan fingerprint density at radius 2 is 2.12 bits per heavy atom. The highest BCUT2D eigenvalue weighted by Gasteiger charge is 2.35. The van der Waals surface area contributed by atoms with E-state index in [9.17, 15) is 13.2 Å². The molecule has 0 aromatic rings. The quantitative estimate of drug-likeness (QED) is 0.845. The summed E-state index contributed by atoms with van der Waals surface area (Å²) in [6.07, 6.45) is 0.948. The molecule has 1 aliphatic heterocycles. The zero-order valence-electron chi connectivity index (χ0n) is 10.6. The molecule has 1 N–H and O–H groups in total. The molecule has 0 amide bonds. The van der Waals surface area contributed by atoms with Gasteiger partial charge in [0.2, 0.25) is 0 Å². The molecule has 1 rings (SSSR count). The number of thioether (sulfide) groups is 1. The maximum Gasteiger partial charge on any atom is 0.441 e. The fraction of sp³-hybridized carbons (Fsp3) is 1.00. The van der Waals surface area contributed by atoms with Crippen molar-refractivity contribution in [2.45, 2.75) is 44.3 Å². The van der Waals surface area contributed by atoms with Crippen LogP contribution in [0.15, 0.2) is 0 Å². The van der Waals surface area contributed by atoms with Crippen LogP contribution in [-0.4, -0.2) is 47.4 Å². The smallest absolute Gasteiger partial charge is 0.311 e. The van der Waals surface area contributed by atoms with Crippen LogP contribution in [0.2, 0.25) is 0 Å². The summed E-state index contributed by atoms with van der Waals surface area (Å²) in [5.74, 6) is 0.117. The molecule has 2 nitrogen and oxygen atoms in total. The van der Waals surface area contributed by atoms with E-state index in [0.717, 1.165) is 19.5 Å². The van der Waals surface area contributed by atoms with Gasteiger partial charge in [0.05, 0.1) is 0 Å². The molecule has 6 heteroatoms. The van der Waals surface area contributed by atoms with Crippen LogP contribution in [0.1, 0.15) is 27.2 Å². The highest BCUT2D eigenvalue weighted by atomic mass is 32.2. The number of alkyl halides is 3. The first kappa shape index (κ1) is 15.1. The normalized spacial score (nSPS) is 31.8. The number of nitrogens with zero attached hydrogens (tertiary/aromatic N) is 1. The first-order valence-electron chi connectivity index (χ1n) is 5.96. The van der Waals surface area contributed by atoms with Crippen molar-refractivity contribution in [1.29, 1.82) is 0 Å². The van der Waals surface area contributed by atoms with Crippen LogP contribution >= 0.6 is 11.8 Å². The molecule has 0 aromatic heterocycles. The fourth-order valence-corrected chi connectivity index (χ4v) is 2.65. The van der Waals surface area contributed by atoms with Gasteiger partial charge in [0, 0.05) is 37.0 Å². The molecule has 2 atom stereocenters. The number of halogens is 3. The minimum Gasteiger partial charge on any atom is -0.311 e. The van der Waals surface area contributed by atoms with E-state index < -0.39 is 5.51 Å². The molecule has 0 radical (unpaired) electrons. The minimum atomic E-state index is -4.11. The van der Waals surface area contributed by atoms with Crippen LogP contribution in [0.5, 0.6) is 0 Å². The topological polar surface area (TPSA) is 15.3 Å². The number of hydrogen-bond acceptors (Lipinski definition) is 3. The van der Waals surface area contributed by atoms with E-state index in [-0.39, 0.29) is 23.1 Å². The highest BCUT2D eigenvalue weighted by molar-refractivity contribution is 8.00. The molecule has 2 unspecified atom stereocenters. The molecule has 1 aliphatic rings. The summed E-state index contributed by atoms with van der Waals surface area (Å²) in [5.41, 5.74) is -4.12. The van der Waals surface area contributed by atoms with Crippen molar-refractivity contribution in [3.63, 3.8) is 0 Å². The van der Waals surface area contributed by atoms with Gasteiger partial charge >= 0.3 is 5.51 Å². The number of nitrogens with one attached hydrogen (secondary N) is 1. The first-order valence-corrected chi connectivity index (χ1v) is 6.94. The summed E-state index contributed by atoms with van der Waals surface area (Å²) in [4.78, 5) is 2.19. The van der Waals surface area contributed by atoms with E-state index in [1.165, 1.54) is 0 Å². The van der Waals surface area contributed by atoms with Gasteiger partial charge in [0.25, 0.3) is 0 Å². The summed E-state index contributed by atoms with van der Waals surface area (Å²) in [7, 11) is 0. The molecular weight excluding hydrogens is 249 g/mol. The van der Waals surface area contributed by atoms with Gasteiger partial charge in [-0.15, -0.1) is 0 Å². The number of rotatable bonds is 4. The SMILES string of the molecule is CCC1(C)CNC(C)CN1CCSC(F)(F)F. The van der Waals surface area contributed by atoms with Crippen LogP contribution < -0.4 is 5.32 Å². The van der Waals surface area contributed by atoms with Crippen molar-refractivity contribution in [2.75, 3.05) is 25.4 Å². The first-order chi connectivity index (χ1) is 7.77. The highest BCUT2D eigenvalue weighted by Crippen LogP contribution is 2.31. The van der Waals surface area contributed by atoms with Gasteiger partial charge in [-0.2, -0.15) is 13.2 Å². The Labute approximate surface area is 105 Å². The van der Waals surface area contributed by atoms with E-state index in [1.54, 1.807) is 0 Å². The summed E-state index contributed by atoms with van der Waals surface area (Å²) in [5, 5.41) is 3.39. The maximum atomic E-state index is 12.1. The van der Waals surface area contributed by atoms with Gasteiger partial charge in [-0.25, -0.2) is 0 Å². The van der Waals surface area contributed by atoms with E-state index in [1.807, 2.05) is 0 Å². The third-order valence-corrected chi connectivity index (χ3v) is 4.19. The zero-order chi connectivity index (χ0) is 13.1. The van der Waals surface area contributed by atoms with E-state index in [2.05, 4.69) is 31.0 Å². The van der Waals surface area contributed by atoms with Gasteiger partial charge in [0.1, 0.15) is 0 Å². The van der Waals surface area contributed by atoms with Gasteiger partial charge in [-0.1, -0.05) is 6.92 Å². The molecule has 0 aromatic carbocycles. The Bertz CT molecular complexity index is 247. The van der Waals surface area contributed by atoms with Crippen LogP contribution in [0.25, 0.3) is 0 Å². The molecule has 0 aliphatic carbocycles. The van der Waals surface area contributed by atoms with Crippen LogP contribution in [0.3, 0.4) is 0 Å². The Hall–Kier alpha value is 0.0600. The van der Waals surface area contributed by atoms with Gasteiger partial charge < -0.3 is 5.32 Å².